The number of methoxy groups -OCH3 is 1. The van der Waals surface area contributed by atoms with Crippen molar-refractivity contribution in [3.63, 3.8) is 0 Å². The smallest absolute Gasteiger partial charge is 0.307 e. The lowest BCUT2D eigenvalue weighted by atomic mass is 9.99. The van der Waals surface area contributed by atoms with Gasteiger partial charge in [-0.3, -0.25) is 19.7 Å². The van der Waals surface area contributed by atoms with E-state index in [9.17, 15) is 29.2 Å². The van der Waals surface area contributed by atoms with Crippen molar-refractivity contribution in [1.29, 1.82) is 0 Å². The maximum atomic E-state index is 15.4. The fraction of sp³-hybridized carbons (Fsp3) is 0.259. The number of nitrogens with zero attached hydrogens (tertiary/aromatic N) is 2. The molecule has 2 N–H and O–H groups in total. The molecule has 212 valence electrons. The highest BCUT2D eigenvalue weighted by Crippen LogP contribution is 2.39. The Morgan fingerprint density at radius 2 is 1.80 bits per heavy atom. The van der Waals surface area contributed by atoms with Crippen LogP contribution in [-0.2, 0) is 11.3 Å². The Bertz CT molecular complexity index is 1460. The van der Waals surface area contributed by atoms with E-state index in [1.54, 1.807) is 45.0 Å². The number of phenolic OH excluding ortho intramolecular Hbond substituents is 1. The van der Waals surface area contributed by atoms with Gasteiger partial charge in [0.1, 0.15) is 28.9 Å². The van der Waals surface area contributed by atoms with Crippen molar-refractivity contribution in [2.24, 2.45) is 0 Å². The molecule has 0 aliphatic carbocycles. The second-order valence-corrected chi connectivity index (χ2v) is 11.0. The van der Waals surface area contributed by atoms with E-state index in [0.29, 0.717) is 17.4 Å². The third-order valence-corrected chi connectivity index (χ3v) is 6.61. The van der Waals surface area contributed by atoms with Crippen LogP contribution in [0.25, 0.3) is 0 Å². The molecule has 0 aliphatic rings. The molecule has 3 aromatic rings. The van der Waals surface area contributed by atoms with E-state index in [0.717, 1.165) is 17.0 Å². The first kappa shape index (κ1) is 30.8. The van der Waals surface area contributed by atoms with E-state index in [-0.39, 0.29) is 21.6 Å². The van der Waals surface area contributed by atoms with Crippen LogP contribution in [0, 0.1) is 21.7 Å². The third kappa shape index (κ3) is 6.86. The number of hydrogen-bond donors (Lipinski definition) is 2. The van der Waals surface area contributed by atoms with Gasteiger partial charge in [-0.25, -0.2) is 4.39 Å². The summed E-state index contributed by atoms with van der Waals surface area (Å²) in [6, 6.07) is 8.58. The molecule has 13 heteroatoms. The van der Waals surface area contributed by atoms with Gasteiger partial charge in [0, 0.05) is 28.7 Å². The SMILES string of the molecule is COc1ccc(CN(C(=O)c2c(O)c(Br)cc([N+](=O)[O-])c2F)C(C(=O)NC(C)(C)C)c2cc(F)ccc2Cl)cc1. The van der Waals surface area contributed by atoms with Crippen LogP contribution in [0.1, 0.15) is 48.3 Å². The average Bonchev–Trinajstić information content (AvgIpc) is 2.87. The summed E-state index contributed by atoms with van der Waals surface area (Å²) in [6.45, 7) is 4.65. The number of phenols is 1. The molecule has 3 aromatic carbocycles. The van der Waals surface area contributed by atoms with Crippen LogP contribution in [0.2, 0.25) is 5.02 Å². The zero-order valence-corrected chi connectivity index (χ0v) is 24.1. The minimum absolute atomic E-state index is 0.0760. The Hall–Kier alpha value is -3.77. The van der Waals surface area contributed by atoms with Crippen LogP contribution < -0.4 is 10.1 Å². The van der Waals surface area contributed by atoms with Gasteiger partial charge in [0.15, 0.2) is 0 Å². The number of rotatable bonds is 8. The Balaban J connectivity index is 2.32. The Kier molecular flexibility index (Phi) is 9.36. The van der Waals surface area contributed by atoms with Gasteiger partial charge in [-0.2, -0.15) is 4.39 Å². The van der Waals surface area contributed by atoms with Crippen molar-refractivity contribution in [3.8, 4) is 11.5 Å². The van der Waals surface area contributed by atoms with Crippen LogP contribution >= 0.6 is 27.5 Å². The number of aromatic hydroxyl groups is 1. The van der Waals surface area contributed by atoms with Crippen LogP contribution in [-0.4, -0.2) is 39.4 Å². The summed E-state index contributed by atoms with van der Waals surface area (Å²) in [7, 11) is 1.45. The fourth-order valence-electron chi connectivity index (χ4n) is 3.90. The molecule has 1 atom stereocenters. The molecule has 1 unspecified atom stereocenters. The van der Waals surface area contributed by atoms with Crippen LogP contribution in [0.5, 0.6) is 11.5 Å². The number of nitro benzene ring substituents is 1. The second-order valence-electron chi connectivity index (χ2n) is 9.76. The van der Waals surface area contributed by atoms with Gasteiger partial charge in [-0.05, 0) is 72.6 Å². The summed E-state index contributed by atoms with van der Waals surface area (Å²) < 4.78 is 34.7. The van der Waals surface area contributed by atoms with Crippen molar-refractivity contribution in [2.45, 2.75) is 38.9 Å². The van der Waals surface area contributed by atoms with Crippen LogP contribution in [0.15, 0.2) is 53.0 Å². The topological polar surface area (TPSA) is 122 Å². The Morgan fingerprint density at radius 1 is 1.18 bits per heavy atom. The molecule has 0 aromatic heterocycles. The molecule has 40 heavy (non-hydrogen) atoms. The lowest BCUT2D eigenvalue weighted by Gasteiger charge is -2.34. The largest absolute Gasteiger partial charge is 0.506 e. The number of amides is 2. The van der Waals surface area contributed by atoms with E-state index in [1.807, 2.05) is 0 Å². The lowest BCUT2D eigenvalue weighted by molar-refractivity contribution is -0.387. The van der Waals surface area contributed by atoms with Crippen molar-refractivity contribution in [2.75, 3.05) is 7.11 Å². The molecule has 0 saturated heterocycles. The van der Waals surface area contributed by atoms with E-state index < -0.39 is 57.0 Å². The average molecular weight is 641 g/mol. The number of nitro groups is 1. The summed E-state index contributed by atoms with van der Waals surface area (Å²) in [5.74, 6) is -4.90. The molecule has 2 amide bonds. The standard InChI is InChI=1S/C27H25BrClF2N3O6/c1-27(2,3)32-25(36)23(17-11-15(30)7-10-19(17)29)33(13-14-5-8-16(40-4)9-6-14)26(37)21-22(31)20(34(38)39)12-18(28)24(21)35/h5-12,23,35H,13H2,1-4H3,(H,32,36). The zero-order chi connectivity index (χ0) is 29.9. The normalized spacial score (nSPS) is 12.0. The van der Waals surface area contributed by atoms with Crippen molar-refractivity contribution in [1.82, 2.24) is 10.2 Å². The molecular formula is C27H25BrClF2N3O6. The molecule has 0 aliphatic heterocycles. The fourth-order valence-corrected chi connectivity index (χ4v) is 4.53. The number of carbonyl (C=O) groups is 2. The number of hydrogen-bond acceptors (Lipinski definition) is 6. The van der Waals surface area contributed by atoms with Gasteiger partial charge in [-0.15, -0.1) is 0 Å². The quantitative estimate of drug-likeness (QED) is 0.220. The Labute approximate surface area is 242 Å². The second kappa shape index (κ2) is 12.2. The monoisotopic (exact) mass is 639 g/mol. The van der Waals surface area contributed by atoms with Gasteiger partial charge >= 0.3 is 5.69 Å². The Morgan fingerprint density at radius 3 is 2.35 bits per heavy atom. The highest BCUT2D eigenvalue weighted by atomic mass is 79.9. The maximum Gasteiger partial charge on any atom is 0.307 e. The van der Waals surface area contributed by atoms with Gasteiger partial charge in [0.05, 0.1) is 16.5 Å². The molecule has 0 fully saturated rings. The third-order valence-electron chi connectivity index (χ3n) is 5.67. The van der Waals surface area contributed by atoms with E-state index >= 15 is 4.39 Å². The van der Waals surface area contributed by atoms with Crippen molar-refractivity contribution >= 4 is 45.0 Å². The molecule has 3 rings (SSSR count). The molecule has 0 radical (unpaired) electrons. The van der Waals surface area contributed by atoms with Gasteiger partial charge in [0.25, 0.3) is 5.91 Å². The highest BCUT2D eigenvalue weighted by Gasteiger charge is 2.39. The van der Waals surface area contributed by atoms with Crippen LogP contribution in [0.3, 0.4) is 0 Å². The molecular weight excluding hydrogens is 616 g/mol. The molecule has 0 heterocycles. The molecule has 9 nitrogen and oxygen atoms in total. The maximum absolute atomic E-state index is 15.4. The molecule has 0 saturated carbocycles. The van der Waals surface area contributed by atoms with Crippen molar-refractivity contribution < 1.29 is 33.1 Å². The summed E-state index contributed by atoms with van der Waals surface area (Å²) in [4.78, 5) is 39.1. The first-order chi connectivity index (χ1) is 18.6. The van der Waals surface area contributed by atoms with Crippen LogP contribution in [0.4, 0.5) is 14.5 Å². The van der Waals surface area contributed by atoms with Gasteiger partial charge in [-0.1, -0.05) is 23.7 Å². The minimum atomic E-state index is -1.66. The van der Waals surface area contributed by atoms with E-state index in [1.165, 1.54) is 13.2 Å². The number of halogens is 4. The number of nitrogens with one attached hydrogen (secondary N) is 1. The first-order valence-corrected chi connectivity index (χ1v) is 12.9. The van der Waals surface area contributed by atoms with E-state index in [2.05, 4.69) is 21.2 Å². The summed E-state index contributed by atoms with van der Waals surface area (Å²) in [5, 5.41) is 24.8. The lowest BCUT2D eigenvalue weighted by Crippen LogP contribution is -2.49. The van der Waals surface area contributed by atoms with Crippen molar-refractivity contribution in [3.05, 3.63) is 96.5 Å². The summed E-state index contributed by atoms with van der Waals surface area (Å²) >= 11 is 9.29. The predicted molar refractivity (Wildman–Crippen MR) is 147 cm³/mol. The number of ether oxygens (including phenoxy) is 1. The predicted octanol–water partition coefficient (Wildman–Crippen LogP) is 6.30. The van der Waals surface area contributed by atoms with Gasteiger partial charge in [0.2, 0.25) is 11.7 Å². The zero-order valence-electron chi connectivity index (χ0n) is 21.8. The molecule has 0 bridgehead atoms. The van der Waals surface area contributed by atoms with E-state index in [4.69, 9.17) is 16.3 Å². The molecule has 0 spiro atoms. The summed E-state index contributed by atoms with van der Waals surface area (Å²) in [5.41, 5.74) is -2.67. The minimum Gasteiger partial charge on any atom is -0.506 e. The van der Waals surface area contributed by atoms with Gasteiger partial charge < -0.3 is 20.1 Å². The highest BCUT2D eigenvalue weighted by molar-refractivity contribution is 9.10. The number of benzene rings is 3. The summed E-state index contributed by atoms with van der Waals surface area (Å²) in [6.07, 6.45) is 0. The first-order valence-electron chi connectivity index (χ1n) is 11.7. The number of carbonyl (C=O) groups excluding carboxylic acids is 2.